The lowest BCUT2D eigenvalue weighted by atomic mass is 9.74. The fourth-order valence-corrected chi connectivity index (χ4v) is 2.85. The van der Waals surface area contributed by atoms with Crippen LogP contribution >= 0.6 is 0 Å². The van der Waals surface area contributed by atoms with Crippen molar-refractivity contribution in [2.45, 2.75) is 31.6 Å². The quantitative estimate of drug-likeness (QED) is 0.649. The highest BCUT2D eigenvalue weighted by Gasteiger charge is 2.34. The van der Waals surface area contributed by atoms with Crippen LogP contribution in [0.2, 0.25) is 0 Å². The molecule has 0 unspecified atom stereocenters. The first-order chi connectivity index (χ1) is 10.7. The van der Waals surface area contributed by atoms with E-state index < -0.39 is 0 Å². The summed E-state index contributed by atoms with van der Waals surface area (Å²) in [5.74, 6) is 0.620. The Balaban J connectivity index is 2.10. The van der Waals surface area contributed by atoms with Crippen LogP contribution in [-0.4, -0.2) is 39.3 Å². The second kappa shape index (κ2) is 8.13. The van der Waals surface area contributed by atoms with Gasteiger partial charge in [-0.2, -0.15) is 0 Å². The van der Waals surface area contributed by atoms with Crippen LogP contribution in [-0.2, 0) is 10.2 Å². The average molecular weight is 307 g/mol. The number of benzene rings is 1. The largest absolute Gasteiger partial charge is 0.381 e. The highest BCUT2D eigenvalue weighted by molar-refractivity contribution is 5.79. The topological polar surface area (TPSA) is 45.7 Å². The maximum atomic E-state index is 13.2. The van der Waals surface area contributed by atoms with Gasteiger partial charge in [-0.05, 0) is 37.0 Å². The van der Waals surface area contributed by atoms with Crippen LogP contribution in [0, 0.1) is 5.82 Å². The van der Waals surface area contributed by atoms with Crippen LogP contribution in [0.15, 0.2) is 29.3 Å². The SMILES string of the molecule is CCCNC(=NC)NCC1(c2ccc(F)cc2)CCOCC1. The number of hydrogen-bond donors (Lipinski definition) is 2. The van der Waals surface area contributed by atoms with Crippen molar-refractivity contribution in [1.29, 1.82) is 0 Å². The summed E-state index contributed by atoms with van der Waals surface area (Å²) in [4.78, 5) is 4.25. The minimum atomic E-state index is -0.195. The normalized spacial score (nSPS) is 18.0. The number of halogens is 1. The highest BCUT2D eigenvalue weighted by Crippen LogP contribution is 2.34. The first-order valence-corrected chi connectivity index (χ1v) is 7.98. The minimum Gasteiger partial charge on any atom is -0.381 e. The average Bonchev–Trinajstić information content (AvgIpc) is 2.56. The summed E-state index contributed by atoms with van der Waals surface area (Å²) in [7, 11) is 1.78. The van der Waals surface area contributed by atoms with Crippen LogP contribution in [0.5, 0.6) is 0 Å². The number of nitrogens with one attached hydrogen (secondary N) is 2. The predicted molar refractivity (Wildman–Crippen MR) is 87.8 cm³/mol. The number of nitrogens with zero attached hydrogens (tertiary/aromatic N) is 1. The van der Waals surface area contributed by atoms with Crippen molar-refractivity contribution >= 4 is 5.96 Å². The van der Waals surface area contributed by atoms with E-state index in [4.69, 9.17) is 4.74 Å². The lowest BCUT2D eigenvalue weighted by Gasteiger charge is -2.38. The Labute approximate surface area is 132 Å². The molecule has 5 heteroatoms. The monoisotopic (exact) mass is 307 g/mol. The van der Waals surface area contributed by atoms with Gasteiger partial charge >= 0.3 is 0 Å². The van der Waals surface area contributed by atoms with Crippen molar-refractivity contribution < 1.29 is 9.13 Å². The fourth-order valence-electron chi connectivity index (χ4n) is 2.85. The van der Waals surface area contributed by atoms with Gasteiger partial charge in [0.2, 0.25) is 0 Å². The van der Waals surface area contributed by atoms with Crippen LogP contribution in [0.3, 0.4) is 0 Å². The van der Waals surface area contributed by atoms with Crippen molar-refractivity contribution in [2.24, 2.45) is 4.99 Å². The van der Waals surface area contributed by atoms with Crippen LogP contribution < -0.4 is 10.6 Å². The van der Waals surface area contributed by atoms with Crippen LogP contribution in [0.25, 0.3) is 0 Å². The van der Waals surface area contributed by atoms with E-state index in [1.807, 2.05) is 12.1 Å². The molecule has 1 heterocycles. The maximum Gasteiger partial charge on any atom is 0.191 e. The molecule has 0 spiro atoms. The number of ether oxygens (including phenoxy) is 1. The molecule has 0 radical (unpaired) electrons. The zero-order chi connectivity index (χ0) is 15.8. The zero-order valence-electron chi connectivity index (χ0n) is 13.5. The third-order valence-corrected chi connectivity index (χ3v) is 4.27. The van der Waals surface area contributed by atoms with Crippen molar-refractivity contribution in [3.8, 4) is 0 Å². The summed E-state index contributed by atoms with van der Waals surface area (Å²) in [6, 6.07) is 6.86. The lowest BCUT2D eigenvalue weighted by Crippen LogP contribution is -2.48. The van der Waals surface area contributed by atoms with Crippen molar-refractivity contribution in [2.75, 3.05) is 33.4 Å². The summed E-state index contributed by atoms with van der Waals surface area (Å²) < 4.78 is 18.7. The van der Waals surface area contributed by atoms with Gasteiger partial charge in [-0.1, -0.05) is 19.1 Å². The van der Waals surface area contributed by atoms with Gasteiger partial charge in [0.1, 0.15) is 5.82 Å². The molecule has 0 aliphatic carbocycles. The van der Waals surface area contributed by atoms with Crippen LogP contribution in [0.4, 0.5) is 4.39 Å². The fraction of sp³-hybridized carbons (Fsp3) is 0.588. The van der Waals surface area contributed by atoms with E-state index in [0.717, 1.165) is 57.1 Å². The highest BCUT2D eigenvalue weighted by atomic mass is 19.1. The van der Waals surface area contributed by atoms with E-state index in [0.29, 0.717) is 0 Å². The molecule has 1 aliphatic heterocycles. The van der Waals surface area contributed by atoms with E-state index in [-0.39, 0.29) is 11.2 Å². The molecule has 0 saturated carbocycles. The molecule has 1 aliphatic rings. The molecule has 4 nitrogen and oxygen atoms in total. The first-order valence-electron chi connectivity index (χ1n) is 7.98. The molecule has 0 atom stereocenters. The van der Waals surface area contributed by atoms with E-state index in [9.17, 15) is 4.39 Å². The Morgan fingerprint density at radius 3 is 2.50 bits per heavy atom. The van der Waals surface area contributed by atoms with Gasteiger partial charge in [0.25, 0.3) is 0 Å². The molecule has 22 heavy (non-hydrogen) atoms. The number of hydrogen-bond acceptors (Lipinski definition) is 2. The van der Waals surface area contributed by atoms with Gasteiger partial charge in [-0.25, -0.2) is 4.39 Å². The maximum absolute atomic E-state index is 13.2. The molecule has 0 amide bonds. The first kappa shape index (κ1) is 16.7. The molecule has 1 aromatic carbocycles. The number of aliphatic imine (C=N–C) groups is 1. The molecule has 1 saturated heterocycles. The third kappa shape index (κ3) is 4.19. The van der Waals surface area contributed by atoms with E-state index in [1.54, 1.807) is 7.05 Å². The summed E-state index contributed by atoms with van der Waals surface area (Å²) in [5.41, 5.74) is 1.13. The lowest BCUT2D eigenvalue weighted by molar-refractivity contribution is 0.0513. The van der Waals surface area contributed by atoms with Gasteiger partial charge in [-0.15, -0.1) is 0 Å². The summed E-state index contributed by atoms with van der Waals surface area (Å²) in [6.07, 6.45) is 2.91. The van der Waals surface area contributed by atoms with Gasteiger partial charge in [0.05, 0.1) is 0 Å². The second-order valence-electron chi connectivity index (χ2n) is 5.75. The Hall–Kier alpha value is -1.62. The standard InChI is InChI=1S/C17H26FN3O/c1-3-10-20-16(19-2)21-13-17(8-11-22-12-9-17)14-4-6-15(18)7-5-14/h4-7H,3,8-13H2,1-2H3,(H2,19,20,21). The third-order valence-electron chi connectivity index (χ3n) is 4.27. The number of guanidine groups is 1. The Morgan fingerprint density at radius 1 is 1.23 bits per heavy atom. The summed E-state index contributed by atoms with van der Waals surface area (Å²) in [5, 5.41) is 6.70. The zero-order valence-corrected chi connectivity index (χ0v) is 13.5. The van der Waals surface area contributed by atoms with Gasteiger partial charge < -0.3 is 15.4 Å². The van der Waals surface area contributed by atoms with E-state index in [1.165, 1.54) is 12.1 Å². The molecule has 122 valence electrons. The Morgan fingerprint density at radius 2 is 1.91 bits per heavy atom. The van der Waals surface area contributed by atoms with Crippen molar-refractivity contribution in [3.63, 3.8) is 0 Å². The van der Waals surface area contributed by atoms with E-state index >= 15 is 0 Å². The van der Waals surface area contributed by atoms with Gasteiger partial charge in [0, 0.05) is 38.8 Å². The molecule has 1 aromatic rings. The molecule has 0 bridgehead atoms. The Kier molecular flexibility index (Phi) is 6.19. The molecule has 1 fully saturated rings. The molecule has 0 aromatic heterocycles. The minimum absolute atomic E-state index is 0.0320. The van der Waals surface area contributed by atoms with Gasteiger partial charge in [0.15, 0.2) is 5.96 Å². The van der Waals surface area contributed by atoms with Crippen LogP contribution in [0.1, 0.15) is 31.7 Å². The van der Waals surface area contributed by atoms with Crippen molar-refractivity contribution in [3.05, 3.63) is 35.6 Å². The molecule has 2 N–H and O–H groups in total. The van der Waals surface area contributed by atoms with E-state index in [2.05, 4.69) is 22.5 Å². The number of rotatable bonds is 5. The smallest absolute Gasteiger partial charge is 0.191 e. The Bertz CT molecular complexity index is 481. The molecule has 2 rings (SSSR count). The van der Waals surface area contributed by atoms with Crippen molar-refractivity contribution in [1.82, 2.24) is 10.6 Å². The molecular weight excluding hydrogens is 281 g/mol. The summed E-state index contributed by atoms with van der Waals surface area (Å²) >= 11 is 0. The summed E-state index contributed by atoms with van der Waals surface area (Å²) in [6.45, 7) is 5.26. The van der Waals surface area contributed by atoms with Gasteiger partial charge in [-0.3, -0.25) is 4.99 Å². The second-order valence-corrected chi connectivity index (χ2v) is 5.75. The predicted octanol–water partition coefficient (Wildman–Crippen LogP) is 2.45. The molecular formula is C17H26FN3O.